The number of hydrogen-bond acceptors (Lipinski definition) is 4. The van der Waals surface area contributed by atoms with Gasteiger partial charge in [0, 0.05) is 11.4 Å². The predicted molar refractivity (Wildman–Crippen MR) is 82.1 cm³/mol. The minimum absolute atomic E-state index is 0.0376. The Bertz CT molecular complexity index is 521. The lowest BCUT2D eigenvalue weighted by molar-refractivity contribution is -0.121. The van der Waals surface area contributed by atoms with Crippen molar-refractivity contribution in [3.63, 3.8) is 0 Å². The molecule has 6 heteroatoms. The Kier molecular flexibility index (Phi) is 4.19. The van der Waals surface area contributed by atoms with Crippen molar-refractivity contribution in [2.24, 2.45) is 0 Å². The number of carbonyl (C=O) groups is 1. The lowest BCUT2D eigenvalue weighted by atomic mass is 10.3. The van der Waals surface area contributed by atoms with E-state index in [0.717, 1.165) is 8.66 Å². The van der Waals surface area contributed by atoms with Crippen LogP contribution in [0.4, 0.5) is 0 Å². The predicted octanol–water partition coefficient (Wildman–Crippen LogP) is 3.90. The highest BCUT2D eigenvalue weighted by atomic mass is 79.9. The van der Waals surface area contributed by atoms with Gasteiger partial charge in [-0.1, -0.05) is 30.1 Å². The Hall–Kier alpha value is -0.430. The van der Waals surface area contributed by atoms with Crippen LogP contribution in [0.2, 0.25) is 0 Å². The molecule has 0 aliphatic carbocycles. The van der Waals surface area contributed by atoms with Crippen LogP contribution in [0.15, 0.2) is 33.5 Å². The Balaban J connectivity index is 2.24. The summed E-state index contributed by atoms with van der Waals surface area (Å²) >= 11 is 11.5. The van der Waals surface area contributed by atoms with Crippen molar-refractivity contribution in [1.82, 2.24) is 4.90 Å². The zero-order chi connectivity index (χ0) is 12.4. The number of thiophene rings is 1. The number of halogens is 1. The van der Waals surface area contributed by atoms with Gasteiger partial charge in [-0.15, -0.1) is 17.9 Å². The summed E-state index contributed by atoms with van der Waals surface area (Å²) in [6.45, 7) is 4.09. The molecule has 2 heterocycles. The SMILES string of the molecule is C=CCN1C(=O)/C(=C/c2ccc(Br)s2)SC1=S. The molecule has 1 saturated heterocycles. The molecule has 88 valence electrons. The van der Waals surface area contributed by atoms with Gasteiger partial charge in [-0.3, -0.25) is 9.69 Å². The van der Waals surface area contributed by atoms with Gasteiger partial charge in [0.05, 0.1) is 8.69 Å². The molecule has 0 bridgehead atoms. The Morgan fingerprint density at radius 2 is 2.29 bits per heavy atom. The molecule has 0 N–H and O–H groups in total. The molecular weight excluding hydrogens is 338 g/mol. The van der Waals surface area contributed by atoms with Crippen molar-refractivity contribution in [2.45, 2.75) is 0 Å². The third kappa shape index (κ3) is 2.88. The van der Waals surface area contributed by atoms with E-state index in [2.05, 4.69) is 22.5 Å². The molecule has 0 saturated carbocycles. The quantitative estimate of drug-likeness (QED) is 0.470. The minimum Gasteiger partial charge on any atom is -0.289 e. The molecule has 1 fully saturated rings. The van der Waals surface area contributed by atoms with Gasteiger partial charge in [-0.05, 0) is 34.1 Å². The fraction of sp³-hybridized carbons (Fsp3) is 0.0909. The van der Waals surface area contributed by atoms with Crippen LogP contribution in [0.5, 0.6) is 0 Å². The van der Waals surface area contributed by atoms with E-state index in [1.807, 2.05) is 18.2 Å². The van der Waals surface area contributed by atoms with Crippen LogP contribution in [0.25, 0.3) is 6.08 Å². The summed E-state index contributed by atoms with van der Waals surface area (Å²) in [4.78, 5) is 15.3. The summed E-state index contributed by atoms with van der Waals surface area (Å²) in [5.74, 6) is -0.0376. The van der Waals surface area contributed by atoms with Crippen LogP contribution in [-0.2, 0) is 4.79 Å². The van der Waals surface area contributed by atoms with E-state index in [0.29, 0.717) is 15.8 Å². The van der Waals surface area contributed by atoms with Crippen molar-refractivity contribution in [2.75, 3.05) is 6.54 Å². The largest absolute Gasteiger partial charge is 0.289 e. The fourth-order valence-corrected chi connectivity index (χ4v) is 4.03. The molecule has 0 radical (unpaired) electrons. The second-order valence-corrected chi connectivity index (χ2v) is 7.39. The maximum absolute atomic E-state index is 12.0. The van der Waals surface area contributed by atoms with Gasteiger partial charge in [-0.25, -0.2) is 0 Å². The zero-order valence-electron chi connectivity index (χ0n) is 8.68. The molecule has 1 aromatic rings. The number of thioether (sulfide) groups is 1. The average molecular weight is 346 g/mol. The summed E-state index contributed by atoms with van der Waals surface area (Å²) < 4.78 is 1.64. The summed E-state index contributed by atoms with van der Waals surface area (Å²) in [6.07, 6.45) is 3.55. The second-order valence-electron chi connectivity index (χ2n) is 3.22. The molecule has 17 heavy (non-hydrogen) atoms. The maximum atomic E-state index is 12.0. The minimum atomic E-state index is -0.0376. The lowest BCUT2D eigenvalue weighted by Crippen LogP contribution is -2.27. The van der Waals surface area contributed by atoms with Crippen LogP contribution in [0.1, 0.15) is 4.88 Å². The van der Waals surface area contributed by atoms with E-state index in [9.17, 15) is 4.79 Å². The van der Waals surface area contributed by atoms with Crippen molar-refractivity contribution in [1.29, 1.82) is 0 Å². The van der Waals surface area contributed by atoms with E-state index in [1.165, 1.54) is 11.8 Å². The number of hydrogen-bond donors (Lipinski definition) is 0. The number of amides is 1. The third-order valence-corrected chi connectivity index (χ3v) is 5.00. The normalized spacial score (nSPS) is 18.2. The first-order valence-corrected chi connectivity index (χ1v) is 7.57. The van der Waals surface area contributed by atoms with Crippen LogP contribution < -0.4 is 0 Å². The van der Waals surface area contributed by atoms with E-state index in [4.69, 9.17) is 12.2 Å². The van der Waals surface area contributed by atoms with E-state index in [1.54, 1.807) is 22.3 Å². The van der Waals surface area contributed by atoms with Crippen molar-refractivity contribution >= 4 is 67.6 Å². The van der Waals surface area contributed by atoms with Gasteiger partial charge >= 0.3 is 0 Å². The molecule has 1 amide bonds. The molecule has 0 spiro atoms. The molecular formula is C11H8BrNOS3. The Morgan fingerprint density at radius 1 is 1.53 bits per heavy atom. The highest BCUT2D eigenvalue weighted by Crippen LogP contribution is 2.34. The van der Waals surface area contributed by atoms with E-state index >= 15 is 0 Å². The van der Waals surface area contributed by atoms with Gasteiger partial charge < -0.3 is 0 Å². The summed E-state index contributed by atoms with van der Waals surface area (Å²) in [5.41, 5.74) is 0. The van der Waals surface area contributed by atoms with Crippen LogP contribution in [0.3, 0.4) is 0 Å². The van der Waals surface area contributed by atoms with Crippen molar-refractivity contribution < 1.29 is 4.79 Å². The first kappa shape index (κ1) is 13.0. The lowest BCUT2D eigenvalue weighted by Gasteiger charge is -2.10. The molecule has 0 unspecified atom stereocenters. The summed E-state index contributed by atoms with van der Waals surface area (Å²) in [5, 5.41) is 0. The molecule has 1 aliphatic heterocycles. The molecule has 1 aliphatic rings. The number of carbonyl (C=O) groups excluding carboxylic acids is 1. The van der Waals surface area contributed by atoms with Gasteiger partial charge in [0.15, 0.2) is 0 Å². The average Bonchev–Trinajstić information content (AvgIpc) is 2.79. The Morgan fingerprint density at radius 3 is 2.88 bits per heavy atom. The number of nitrogens with zero attached hydrogens (tertiary/aromatic N) is 1. The Labute approximate surface area is 122 Å². The molecule has 2 nitrogen and oxygen atoms in total. The first-order valence-electron chi connectivity index (χ1n) is 4.73. The molecule has 0 aromatic carbocycles. The highest BCUT2D eigenvalue weighted by molar-refractivity contribution is 9.11. The molecule has 1 aromatic heterocycles. The number of rotatable bonds is 3. The van der Waals surface area contributed by atoms with E-state index < -0.39 is 0 Å². The first-order chi connectivity index (χ1) is 8.11. The summed E-state index contributed by atoms with van der Waals surface area (Å²) in [6, 6.07) is 3.93. The highest BCUT2D eigenvalue weighted by Gasteiger charge is 2.30. The van der Waals surface area contributed by atoms with Crippen molar-refractivity contribution in [3.05, 3.63) is 38.4 Å². The van der Waals surface area contributed by atoms with Gasteiger partial charge in [0.1, 0.15) is 4.32 Å². The van der Waals surface area contributed by atoms with Gasteiger partial charge in [0.25, 0.3) is 5.91 Å². The zero-order valence-corrected chi connectivity index (χ0v) is 12.7. The van der Waals surface area contributed by atoms with E-state index in [-0.39, 0.29) is 5.91 Å². The van der Waals surface area contributed by atoms with Gasteiger partial charge in [-0.2, -0.15) is 0 Å². The molecule has 2 rings (SSSR count). The summed E-state index contributed by atoms with van der Waals surface area (Å²) in [7, 11) is 0. The molecule has 0 atom stereocenters. The van der Waals surface area contributed by atoms with Gasteiger partial charge in [0.2, 0.25) is 0 Å². The van der Waals surface area contributed by atoms with Crippen molar-refractivity contribution in [3.8, 4) is 0 Å². The number of thiocarbonyl (C=S) groups is 1. The van der Waals surface area contributed by atoms with Crippen LogP contribution in [0, 0.1) is 0 Å². The van der Waals surface area contributed by atoms with Crippen LogP contribution >= 0.6 is 51.2 Å². The standard InChI is InChI=1S/C11H8BrNOS3/c1-2-5-13-10(14)8(17-11(13)15)6-7-3-4-9(12)16-7/h2-4,6H,1,5H2/b8-6-. The third-order valence-electron chi connectivity index (χ3n) is 2.05. The van der Waals surface area contributed by atoms with Crippen LogP contribution in [-0.4, -0.2) is 21.7 Å². The second kappa shape index (κ2) is 5.48. The maximum Gasteiger partial charge on any atom is 0.266 e. The fourth-order valence-electron chi connectivity index (χ4n) is 1.32. The smallest absolute Gasteiger partial charge is 0.266 e. The topological polar surface area (TPSA) is 20.3 Å². The monoisotopic (exact) mass is 345 g/mol.